The second kappa shape index (κ2) is 10.7. The molecule has 2 aliphatic rings. The summed E-state index contributed by atoms with van der Waals surface area (Å²) in [7, 11) is 0. The van der Waals surface area contributed by atoms with Crippen molar-refractivity contribution in [2.45, 2.75) is 36.4 Å². The fourth-order valence-electron chi connectivity index (χ4n) is 3.70. The Balaban J connectivity index is 0.00000256. The first-order valence-electron chi connectivity index (χ1n) is 9.99. The van der Waals surface area contributed by atoms with Crippen molar-refractivity contribution < 1.29 is 18.3 Å². The second-order valence-corrected chi connectivity index (χ2v) is 8.80. The number of nitrogens with zero attached hydrogens (tertiary/aromatic N) is 1. The minimum atomic E-state index is -0.983. The molecule has 0 aliphatic carbocycles. The van der Waals surface area contributed by atoms with Crippen LogP contribution in [0.1, 0.15) is 25.1 Å². The molecule has 0 spiro atoms. The molecule has 0 unspecified atom stereocenters. The van der Waals surface area contributed by atoms with E-state index in [2.05, 4.69) is 15.3 Å². The van der Waals surface area contributed by atoms with Crippen LogP contribution in [0.3, 0.4) is 0 Å². The first kappa shape index (κ1) is 23.2. The highest BCUT2D eigenvalue weighted by Crippen LogP contribution is 2.26. The van der Waals surface area contributed by atoms with Crippen LogP contribution in [0.15, 0.2) is 16.9 Å². The molecule has 1 aromatic carbocycles. The first-order chi connectivity index (χ1) is 14.1. The van der Waals surface area contributed by atoms with Crippen LogP contribution < -0.4 is 15.6 Å². The van der Waals surface area contributed by atoms with E-state index in [4.69, 9.17) is 9.47 Å². The molecule has 30 heavy (non-hydrogen) atoms. The average molecular weight is 462 g/mol. The number of H-pyrrole nitrogens is 1. The summed E-state index contributed by atoms with van der Waals surface area (Å²) in [6.45, 7) is 2.73. The number of aromatic nitrogens is 2. The summed E-state index contributed by atoms with van der Waals surface area (Å²) in [6, 6.07) is 2.73. The first-order valence-corrected chi connectivity index (χ1v) is 11.0. The van der Waals surface area contributed by atoms with E-state index in [-0.39, 0.29) is 41.6 Å². The quantitative estimate of drug-likeness (QED) is 0.688. The van der Waals surface area contributed by atoms with E-state index >= 15 is 0 Å². The molecule has 0 bridgehead atoms. The molecule has 4 rings (SSSR count). The lowest BCUT2D eigenvalue weighted by molar-refractivity contribution is 0.1000. The topological polar surface area (TPSA) is 76.2 Å². The Morgan fingerprint density at radius 1 is 1.27 bits per heavy atom. The van der Waals surface area contributed by atoms with Crippen LogP contribution >= 0.6 is 24.2 Å². The highest BCUT2D eigenvalue weighted by molar-refractivity contribution is 7.99. The summed E-state index contributed by atoms with van der Waals surface area (Å²) >= 11 is 1.72. The highest BCUT2D eigenvalue weighted by Gasteiger charge is 2.25. The van der Waals surface area contributed by atoms with Crippen LogP contribution in [0.25, 0.3) is 10.9 Å². The molecule has 166 valence electrons. The number of alkyl halides is 1. The lowest BCUT2D eigenvalue weighted by Gasteiger charge is -2.26. The van der Waals surface area contributed by atoms with Crippen molar-refractivity contribution in [3.63, 3.8) is 0 Å². The predicted octanol–water partition coefficient (Wildman–Crippen LogP) is 3.22. The second-order valence-electron chi connectivity index (χ2n) is 7.51. The zero-order valence-corrected chi connectivity index (χ0v) is 18.1. The van der Waals surface area contributed by atoms with Gasteiger partial charge >= 0.3 is 0 Å². The van der Waals surface area contributed by atoms with E-state index in [9.17, 15) is 13.6 Å². The van der Waals surface area contributed by atoms with Crippen LogP contribution in [-0.4, -0.2) is 54.3 Å². The molecular weight excluding hydrogens is 436 g/mol. The van der Waals surface area contributed by atoms with Crippen molar-refractivity contribution in [2.24, 2.45) is 5.92 Å². The van der Waals surface area contributed by atoms with Crippen LogP contribution in [0, 0.1) is 11.7 Å². The number of hydrogen-bond donors (Lipinski definition) is 2. The Labute approximate surface area is 183 Å². The maximum atomic E-state index is 14.5. The monoisotopic (exact) mass is 461 g/mol. The number of piperidine rings is 1. The van der Waals surface area contributed by atoms with Crippen molar-refractivity contribution in [3.8, 4) is 5.75 Å². The van der Waals surface area contributed by atoms with Gasteiger partial charge in [-0.05, 0) is 25.8 Å². The van der Waals surface area contributed by atoms with Crippen LogP contribution in [-0.2, 0) is 10.5 Å². The van der Waals surface area contributed by atoms with Crippen molar-refractivity contribution in [3.05, 3.63) is 34.1 Å². The maximum Gasteiger partial charge on any atom is 0.261 e. The molecule has 2 saturated heterocycles. The van der Waals surface area contributed by atoms with Gasteiger partial charge in [-0.2, -0.15) is 11.8 Å². The molecule has 6 nitrogen and oxygen atoms in total. The Bertz CT molecular complexity index is 911. The number of thioether (sulfide) groups is 1. The summed E-state index contributed by atoms with van der Waals surface area (Å²) in [5.74, 6) is 0.409. The fraction of sp³-hybridized carbons (Fsp3) is 0.600. The molecule has 2 fully saturated rings. The van der Waals surface area contributed by atoms with Crippen molar-refractivity contribution in [1.29, 1.82) is 0 Å². The van der Waals surface area contributed by atoms with Gasteiger partial charge < -0.3 is 19.8 Å². The van der Waals surface area contributed by atoms with Crippen molar-refractivity contribution in [1.82, 2.24) is 15.3 Å². The third-order valence-electron chi connectivity index (χ3n) is 5.41. The number of ether oxygens (including phenoxy) is 2. The summed E-state index contributed by atoms with van der Waals surface area (Å²) < 4.78 is 39.5. The maximum absolute atomic E-state index is 14.5. The molecule has 1 aromatic heterocycles. The molecule has 0 radical (unpaired) electrons. The molecule has 3 heterocycles. The van der Waals surface area contributed by atoms with E-state index in [1.807, 2.05) is 0 Å². The zero-order chi connectivity index (χ0) is 20.2. The Morgan fingerprint density at radius 2 is 2.07 bits per heavy atom. The number of aromatic amines is 1. The van der Waals surface area contributed by atoms with Crippen molar-refractivity contribution >= 4 is 35.1 Å². The Morgan fingerprint density at radius 3 is 2.83 bits per heavy atom. The van der Waals surface area contributed by atoms with Gasteiger partial charge in [-0.15, -0.1) is 12.4 Å². The van der Waals surface area contributed by atoms with Gasteiger partial charge in [0.15, 0.2) is 0 Å². The minimum Gasteiger partial charge on any atom is -0.493 e. The van der Waals surface area contributed by atoms with Crippen LogP contribution in [0.2, 0.25) is 0 Å². The Kier molecular flexibility index (Phi) is 8.33. The van der Waals surface area contributed by atoms with E-state index < -0.39 is 17.5 Å². The summed E-state index contributed by atoms with van der Waals surface area (Å²) in [5, 5.41) is 3.38. The third kappa shape index (κ3) is 5.63. The van der Waals surface area contributed by atoms with E-state index in [1.54, 1.807) is 17.8 Å². The van der Waals surface area contributed by atoms with Gasteiger partial charge in [-0.25, -0.2) is 13.8 Å². The molecule has 2 atom stereocenters. The summed E-state index contributed by atoms with van der Waals surface area (Å²) in [6.07, 6.45) is 1.63. The van der Waals surface area contributed by atoms with E-state index in [0.717, 1.165) is 32.6 Å². The van der Waals surface area contributed by atoms with Crippen LogP contribution in [0.4, 0.5) is 8.78 Å². The molecule has 0 saturated carbocycles. The molecule has 2 aliphatic heterocycles. The number of nitrogens with one attached hydrogen (secondary N) is 2. The van der Waals surface area contributed by atoms with Gasteiger partial charge in [0.1, 0.15) is 28.9 Å². The molecule has 10 heteroatoms. The Hall–Kier alpha value is -1.42. The number of fused-ring (bicyclic) bond motifs is 1. The van der Waals surface area contributed by atoms with Gasteiger partial charge in [0.2, 0.25) is 0 Å². The van der Waals surface area contributed by atoms with Gasteiger partial charge in [-0.1, -0.05) is 0 Å². The molecule has 2 aromatic rings. The molecular formula is C20H26ClF2N3O3S. The van der Waals surface area contributed by atoms with Gasteiger partial charge in [0, 0.05) is 43.1 Å². The van der Waals surface area contributed by atoms with Gasteiger partial charge in [0.25, 0.3) is 5.56 Å². The van der Waals surface area contributed by atoms with E-state index in [1.165, 1.54) is 6.07 Å². The largest absolute Gasteiger partial charge is 0.493 e. The highest BCUT2D eigenvalue weighted by atomic mass is 35.5. The lowest BCUT2D eigenvalue weighted by Crippen LogP contribution is -2.40. The number of hydrogen-bond acceptors (Lipinski definition) is 6. The smallest absolute Gasteiger partial charge is 0.261 e. The van der Waals surface area contributed by atoms with E-state index in [0.29, 0.717) is 29.8 Å². The fourth-order valence-corrected chi connectivity index (χ4v) is 4.76. The normalized spacial score (nSPS) is 22.6. The SMILES string of the molecule is Cl.O=c1[nH]c(CSC2CCOCC2)nc2cc(OC[C@H]3CCNC[C@@H]3F)cc(F)c12. The molecule has 0 amide bonds. The zero-order valence-electron chi connectivity index (χ0n) is 16.5. The number of benzene rings is 1. The number of rotatable bonds is 6. The van der Waals surface area contributed by atoms with Gasteiger partial charge in [0.05, 0.1) is 17.9 Å². The average Bonchev–Trinajstić information content (AvgIpc) is 2.72. The third-order valence-corrected chi connectivity index (χ3v) is 6.80. The molecule has 2 N–H and O–H groups in total. The van der Waals surface area contributed by atoms with Gasteiger partial charge in [-0.3, -0.25) is 4.79 Å². The minimum absolute atomic E-state index is 0. The van der Waals surface area contributed by atoms with Crippen molar-refractivity contribution in [2.75, 3.05) is 32.9 Å². The summed E-state index contributed by atoms with van der Waals surface area (Å²) in [4.78, 5) is 19.5. The number of halogens is 3. The lowest BCUT2D eigenvalue weighted by atomic mass is 9.97. The predicted molar refractivity (Wildman–Crippen MR) is 116 cm³/mol. The summed E-state index contributed by atoms with van der Waals surface area (Å²) in [5.41, 5.74) is -0.239. The standard InChI is InChI=1S/C20H25F2N3O3S.ClH/c21-15-7-13(28-10-12-1-4-23-9-16(12)22)8-17-19(15)20(26)25-18(24-17)11-29-14-2-5-27-6-3-14;/h7-8,12,14,16,23H,1-6,9-11H2,(H,24,25,26);1H/t12-,16+;/m1./s1. The van der Waals surface area contributed by atoms with Crippen LogP contribution in [0.5, 0.6) is 5.75 Å².